The number of aliphatic carboxylic acids is 1. The van der Waals surface area contributed by atoms with Crippen molar-refractivity contribution in [1.82, 2.24) is 4.57 Å². The largest absolute Gasteiger partial charge is 0.479 e. The van der Waals surface area contributed by atoms with Crippen molar-refractivity contribution in [2.75, 3.05) is 13.2 Å². The van der Waals surface area contributed by atoms with Gasteiger partial charge in [0.25, 0.3) is 5.56 Å². The van der Waals surface area contributed by atoms with Gasteiger partial charge in [0.1, 0.15) is 5.82 Å². The van der Waals surface area contributed by atoms with Crippen LogP contribution in [0.25, 0.3) is 6.08 Å². The SMILES string of the molecule is CCOC(=O)C1=C(C)N=c2s/c(=C\c3cc(Cl)c(OCC(=O)O)c(Cl)c3)c(=O)n2[C@H]1c1ccc(F)cc1. The third-order valence-corrected chi connectivity index (χ3v) is 6.91. The van der Waals surface area contributed by atoms with Crippen LogP contribution in [0, 0.1) is 5.82 Å². The maximum absolute atomic E-state index is 13.7. The van der Waals surface area contributed by atoms with Crippen molar-refractivity contribution in [3.63, 3.8) is 0 Å². The van der Waals surface area contributed by atoms with Crippen molar-refractivity contribution in [2.24, 2.45) is 4.99 Å². The normalized spacial score (nSPS) is 15.3. The second-order valence-corrected chi connectivity index (χ2v) is 9.67. The number of fused-ring (bicyclic) bond motifs is 1. The van der Waals surface area contributed by atoms with Gasteiger partial charge in [-0.2, -0.15) is 0 Å². The molecule has 1 N–H and O–H groups in total. The lowest BCUT2D eigenvalue weighted by molar-refractivity contribution is -0.140. The van der Waals surface area contributed by atoms with Gasteiger partial charge in [-0.15, -0.1) is 0 Å². The summed E-state index contributed by atoms with van der Waals surface area (Å²) in [6.45, 7) is 2.83. The molecule has 192 valence electrons. The summed E-state index contributed by atoms with van der Waals surface area (Å²) in [5.74, 6) is -2.26. The van der Waals surface area contributed by atoms with Crippen molar-refractivity contribution in [3.05, 3.63) is 94.3 Å². The molecule has 1 aliphatic rings. The van der Waals surface area contributed by atoms with Gasteiger partial charge >= 0.3 is 11.9 Å². The lowest BCUT2D eigenvalue weighted by Gasteiger charge is -2.24. The summed E-state index contributed by atoms with van der Waals surface area (Å²) in [4.78, 5) is 42.1. The van der Waals surface area contributed by atoms with Crippen LogP contribution in [0.3, 0.4) is 0 Å². The molecule has 1 atom stereocenters. The lowest BCUT2D eigenvalue weighted by atomic mass is 9.96. The van der Waals surface area contributed by atoms with Crippen LogP contribution in [0.15, 0.2) is 57.5 Å². The van der Waals surface area contributed by atoms with E-state index in [0.717, 1.165) is 11.3 Å². The van der Waals surface area contributed by atoms with Crippen LogP contribution in [0.5, 0.6) is 5.75 Å². The topological polar surface area (TPSA) is 107 Å². The van der Waals surface area contributed by atoms with Gasteiger partial charge in [-0.3, -0.25) is 9.36 Å². The molecule has 0 bridgehead atoms. The highest BCUT2D eigenvalue weighted by atomic mass is 35.5. The van der Waals surface area contributed by atoms with Gasteiger partial charge in [-0.05, 0) is 55.3 Å². The number of nitrogens with zero attached hydrogens (tertiary/aromatic N) is 2. The molecule has 0 unspecified atom stereocenters. The summed E-state index contributed by atoms with van der Waals surface area (Å²) in [5, 5.41) is 8.96. The number of benzene rings is 2. The summed E-state index contributed by atoms with van der Waals surface area (Å²) >= 11 is 13.6. The Labute approximate surface area is 223 Å². The van der Waals surface area contributed by atoms with E-state index in [0.29, 0.717) is 21.6 Å². The third kappa shape index (κ3) is 5.46. The summed E-state index contributed by atoms with van der Waals surface area (Å²) in [5.41, 5.74) is 1.09. The van der Waals surface area contributed by atoms with E-state index in [1.807, 2.05) is 0 Å². The van der Waals surface area contributed by atoms with E-state index < -0.39 is 36.0 Å². The fourth-order valence-corrected chi connectivity index (χ4v) is 5.50. The number of carbonyl (C=O) groups excluding carboxylic acids is 1. The molecule has 0 amide bonds. The fourth-order valence-electron chi connectivity index (χ4n) is 3.84. The molecule has 8 nitrogen and oxygen atoms in total. The van der Waals surface area contributed by atoms with Crippen LogP contribution >= 0.6 is 34.5 Å². The molecule has 2 aromatic carbocycles. The number of aromatic nitrogens is 1. The molecule has 0 radical (unpaired) electrons. The van der Waals surface area contributed by atoms with Gasteiger partial charge in [0.2, 0.25) is 0 Å². The van der Waals surface area contributed by atoms with Gasteiger partial charge in [0.05, 0.1) is 38.5 Å². The average Bonchev–Trinajstić information content (AvgIpc) is 3.12. The Balaban J connectivity index is 1.86. The van der Waals surface area contributed by atoms with Gasteiger partial charge in [0, 0.05) is 0 Å². The van der Waals surface area contributed by atoms with E-state index in [9.17, 15) is 18.8 Å². The smallest absolute Gasteiger partial charge is 0.341 e. The highest BCUT2D eigenvalue weighted by molar-refractivity contribution is 7.07. The first kappa shape index (κ1) is 26.6. The first-order valence-corrected chi connectivity index (χ1v) is 12.5. The minimum Gasteiger partial charge on any atom is -0.479 e. The van der Waals surface area contributed by atoms with E-state index in [1.165, 1.54) is 41.0 Å². The molecular weight excluding hydrogens is 546 g/mol. The maximum atomic E-state index is 13.7. The van der Waals surface area contributed by atoms with E-state index in [-0.39, 0.29) is 32.5 Å². The number of hydrogen-bond acceptors (Lipinski definition) is 7. The summed E-state index contributed by atoms with van der Waals surface area (Å²) in [6, 6.07) is 7.60. The minimum absolute atomic E-state index is 0.00959. The van der Waals surface area contributed by atoms with E-state index in [1.54, 1.807) is 19.9 Å². The number of carboxylic acid groups (broad SMARTS) is 1. The second-order valence-electron chi connectivity index (χ2n) is 7.85. The van der Waals surface area contributed by atoms with Crippen LogP contribution < -0.4 is 19.6 Å². The van der Waals surface area contributed by atoms with Crippen LogP contribution in [0.2, 0.25) is 10.0 Å². The van der Waals surface area contributed by atoms with Gasteiger partial charge in [0.15, 0.2) is 17.2 Å². The fraction of sp³-hybridized carbons (Fsp3) is 0.200. The number of thiazole rings is 1. The van der Waals surface area contributed by atoms with E-state index in [2.05, 4.69) is 4.99 Å². The predicted molar refractivity (Wildman–Crippen MR) is 136 cm³/mol. The molecule has 1 aromatic heterocycles. The van der Waals surface area contributed by atoms with Crippen LogP contribution in [-0.4, -0.2) is 34.8 Å². The Morgan fingerprint density at radius 1 is 1.22 bits per heavy atom. The Hall–Kier alpha value is -3.47. The molecule has 3 aromatic rings. The first-order valence-electron chi connectivity index (χ1n) is 10.9. The first-order chi connectivity index (χ1) is 17.6. The zero-order valence-electron chi connectivity index (χ0n) is 19.5. The number of carboxylic acids is 1. The highest BCUT2D eigenvalue weighted by Gasteiger charge is 2.33. The van der Waals surface area contributed by atoms with E-state index in [4.69, 9.17) is 37.8 Å². The average molecular weight is 565 g/mol. The molecule has 0 saturated carbocycles. The van der Waals surface area contributed by atoms with Crippen LogP contribution in [-0.2, 0) is 14.3 Å². The molecule has 4 rings (SSSR count). The van der Waals surface area contributed by atoms with Crippen LogP contribution in [0.1, 0.15) is 31.0 Å². The summed E-state index contributed by atoms with van der Waals surface area (Å²) in [6.07, 6.45) is 1.55. The zero-order valence-corrected chi connectivity index (χ0v) is 21.8. The van der Waals surface area contributed by atoms with Gasteiger partial charge < -0.3 is 14.6 Å². The predicted octanol–water partition coefficient (Wildman–Crippen LogP) is 3.71. The van der Waals surface area contributed by atoms with Crippen molar-refractivity contribution < 1.29 is 28.6 Å². The van der Waals surface area contributed by atoms with Crippen molar-refractivity contribution >= 4 is 52.6 Å². The molecule has 0 aliphatic carbocycles. The monoisotopic (exact) mass is 564 g/mol. The molecular formula is C25H19Cl2FN2O6S. The number of hydrogen-bond donors (Lipinski definition) is 1. The molecule has 0 saturated heterocycles. The molecule has 12 heteroatoms. The van der Waals surface area contributed by atoms with Crippen molar-refractivity contribution in [1.29, 1.82) is 0 Å². The number of halogens is 3. The molecule has 2 heterocycles. The summed E-state index contributed by atoms with van der Waals surface area (Å²) in [7, 11) is 0. The zero-order chi connectivity index (χ0) is 26.9. The van der Waals surface area contributed by atoms with Crippen LogP contribution in [0.4, 0.5) is 4.39 Å². The Morgan fingerprint density at radius 2 is 1.86 bits per heavy atom. The molecule has 0 fully saturated rings. The molecule has 37 heavy (non-hydrogen) atoms. The Morgan fingerprint density at radius 3 is 2.46 bits per heavy atom. The van der Waals surface area contributed by atoms with Gasteiger partial charge in [-0.25, -0.2) is 19.0 Å². The number of ether oxygens (including phenoxy) is 2. The Kier molecular flexibility index (Phi) is 7.82. The maximum Gasteiger partial charge on any atom is 0.341 e. The van der Waals surface area contributed by atoms with Crippen molar-refractivity contribution in [3.8, 4) is 5.75 Å². The second kappa shape index (κ2) is 10.9. The van der Waals surface area contributed by atoms with E-state index >= 15 is 0 Å². The standard InChI is InChI=1S/C25H19Cl2FN2O6S/c1-3-35-24(34)20-12(2)29-25-30(21(20)14-4-6-15(28)7-5-14)23(33)18(37-25)10-13-8-16(26)22(17(27)9-13)36-11-19(31)32/h4-10,21H,3,11H2,1-2H3,(H,31,32)/b18-10-/t21-/m0/s1. The number of rotatable bonds is 7. The Bertz CT molecular complexity index is 1590. The molecule has 1 aliphatic heterocycles. The number of allylic oxidation sites excluding steroid dienone is 1. The number of carbonyl (C=O) groups is 2. The third-order valence-electron chi connectivity index (χ3n) is 5.36. The minimum atomic E-state index is -1.19. The van der Waals surface area contributed by atoms with Crippen molar-refractivity contribution in [2.45, 2.75) is 19.9 Å². The lowest BCUT2D eigenvalue weighted by Crippen LogP contribution is -2.39. The quantitative estimate of drug-likeness (QED) is 0.438. The van der Waals surface area contributed by atoms with Gasteiger partial charge in [-0.1, -0.05) is 46.7 Å². The number of esters is 1. The highest BCUT2D eigenvalue weighted by Crippen LogP contribution is 2.35. The molecule has 0 spiro atoms. The summed E-state index contributed by atoms with van der Waals surface area (Å²) < 4.78 is 25.7.